The molecule has 5 heteroatoms. The molecule has 2 heterocycles. The Bertz CT molecular complexity index is 499. The first-order chi connectivity index (χ1) is 10.9. The normalized spacial score (nSPS) is 21.3. The van der Waals surface area contributed by atoms with Gasteiger partial charge in [-0.2, -0.15) is 0 Å². The molecule has 1 aliphatic heterocycles. The molecular formula is C18H28N2O3. The predicted molar refractivity (Wildman–Crippen MR) is 89.5 cm³/mol. The van der Waals surface area contributed by atoms with Crippen LogP contribution in [0.25, 0.3) is 0 Å². The van der Waals surface area contributed by atoms with E-state index in [0.717, 1.165) is 25.8 Å². The lowest BCUT2D eigenvalue weighted by atomic mass is 9.96. The van der Waals surface area contributed by atoms with Crippen LogP contribution in [0.15, 0.2) is 24.4 Å². The largest absolute Gasteiger partial charge is 0.475 e. The number of likely N-dealkylation sites (tertiary alicyclic amines) is 1. The number of ether oxygens (including phenoxy) is 2. The minimum absolute atomic E-state index is 0.0480. The quantitative estimate of drug-likeness (QED) is 0.826. The van der Waals surface area contributed by atoms with Crippen molar-refractivity contribution in [2.75, 3.05) is 13.2 Å². The number of pyridine rings is 1. The van der Waals surface area contributed by atoms with E-state index in [-0.39, 0.29) is 12.1 Å². The molecule has 0 aliphatic carbocycles. The molecular weight excluding hydrogens is 292 g/mol. The Labute approximate surface area is 139 Å². The van der Waals surface area contributed by atoms with Crippen LogP contribution in [0.4, 0.5) is 4.79 Å². The first-order valence-electron chi connectivity index (χ1n) is 8.44. The molecule has 0 radical (unpaired) electrons. The van der Waals surface area contributed by atoms with Crippen LogP contribution in [-0.2, 0) is 4.74 Å². The minimum atomic E-state index is -0.480. The van der Waals surface area contributed by atoms with Crippen LogP contribution < -0.4 is 4.74 Å². The fourth-order valence-corrected chi connectivity index (χ4v) is 3.00. The zero-order chi connectivity index (χ0) is 16.9. The van der Waals surface area contributed by atoms with Crippen molar-refractivity contribution < 1.29 is 14.3 Å². The van der Waals surface area contributed by atoms with Crippen molar-refractivity contribution in [2.24, 2.45) is 5.92 Å². The number of hydrogen-bond acceptors (Lipinski definition) is 4. The van der Waals surface area contributed by atoms with Crippen molar-refractivity contribution in [1.82, 2.24) is 9.88 Å². The van der Waals surface area contributed by atoms with Crippen molar-refractivity contribution >= 4 is 6.09 Å². The van der Waals surface area contributed by atoms with Crippen LogP contribution in [0.1, 0.15) is 47.0 Å². The first kappa shape index (κ1) is 17.6. The lowest BCUT2D eigenvalue weighted by Gasteiger charge is -2.30. The van der Waals surface area contributed by atoms with E-state index in [1.165, 1.54) is 0 Å². The van der Waals surface area contributed by atoms with E-state index >= 15 is 0 Å². The summed E-state index contributed by atoms with van der Waals surface area (Å²) in [4.78, 5) is 18.5. The Balaban J connectivity index is 2.03. The molecule has 0 spiro atoms. The van der Waals surface area contributed by atoms with Crippen molar-refractivity contribution in [3.63, 3.8) is 0 Å². The summed E-state index contributed by atoms with van der Waals surface area (Å²) in [6.07, 6.45) is 4.66. The maximum Gasteiger partial charge on any atom is 0.410 e. The van der Waals surface area contributed by atoms with E-state index < -0.39 is 5.60 Å². The van der Waals surface area contributed by atoms with Crippen molar-refractivity contribution in [2.45, 2.75) is 58.6 Å². The maximum atomic E-state index is 12.5. The fourth-order valence-electron chi connectivity index (χ4n) is 3.00. The highest BCUT2D eigenvalue weighted by Crippen LogP contribution is 2.30. The lowest BCUT2D eigenvalue weighted by molar-refractivity contribution is 0.0155. The van der Waals surface area contributed by atoms with Gasteiger partial charge in [0.1, 0.15) is 12.2 Å². The molecule has 1 fully saturated rings. The molecule has 1 aromatic heterocycles. The van der Waals surface area contributed by atoms with Crippen LogP contribution in [0, 0.1) is 5.92 Å². The fraction of sp³-hybridized carbons (Fsp3) is 0.667. The second-order valence-electron chi connectivity index (χ2n) is 7.06. The third-order valence-corrected chi connectivity index (χ3v) is 4.01. The molecule has 128 valence electrons. The van der Waals surface area contributed by atoms with E-state index in [1.807, 2.05) is 43.9 Å². The number of aromatic nitrogens is 1. The standard InChI is InChI=1S/C18H28N2O3/c1-5-8-14-10-12-20(17(21)23-18(2,3)4)15(14)13-22-16-9-6-7-11-19-16/h6-7,9,11,14-15H,5,8,10,12-13H2,1-4H3/t14-,15-/m0/s1. The molecule has 2 rings (SSSR count). The molecule has 0 unspecified atom stereocenters. The molecule has 5 nitrogen and oxygen atoms in total. The van der Waals surface area contributed by atoms with Gasteiger partial charge in [0, 0.05) is 18.8 Å². The summed E-state index contributed by atoms with van der Waals surface area (Å²) in [5, 5.41) is 0. The second kappa shape index (κ2) is 7.66. The van der Waals surface area contributed by atoms with Gasteiger partial charge in [-0.25, -0.2) is 9.78 Å². The van der Waals surface area contributed by atoms with Gasteiger partial charge in [-0.3, -0.25) is 0 Å². The number of amides is 1. The van der Waals surface area contributed by atoms with Gasteiger partial charge in [0.2, 0.25) is 5.88 Å². The third kappa shape index (κ3) is 5.12. The van der Waals surface area contributed by atoms with Crippen LogP contribution in [0.5, 0.6) is 5.88 Å². The Morgan fingerprint density at radius 3 is 2.78 bits per heavy atom. The van der Waals surface area contributed by atoms with Gasteiger partial charge in [0.25, 0.3) is 0 Å². The van der Waals surface area contributed by atoms with E-state index in [4.69, 9.17) is 9.47 Å². The molecule has 0 N–H and O–H groups in total. The Hall–Kier alpha value is -1.78. The molecule has 0 saturated carbocycles. The molecule has 1 aromatic rings. The number of hydrogen-bond donors (Lipinski definition) is 0. The smallest absolute Gasteiger partial charge is 0.410 e. The SMILES string of the molecule is CCC[C@H]1CCN(C(=O)OC(C)(C)C)[C@H]1COc1ccccn1. The van der Waals surface area contributed by atoms with Crippen LogP contribution in [0.3, 0.4) is 0 Å². The molecule has 0 aromatic carbocycles. The molecule has 23 heavy (non-hydrogen) atoms. The Morgan fingerprint density at radius 1 is 1.39 bits per heavy atom. The van der Waals surface area contributed by atoms with Crippen molar-refractivity contribution in [3.05, 3.63) is 24.4 Å². The van der Waals surface area contributed by atoms with Crippen LogP contribution in [-0.4, -0.2) is 40.8 Å². The number of nitrogens with zero attached hydrogens (tertiary/aromatic N) is 2. The summed E-state index contributed by atoms with van der Waals surface area (Å²) in [6, 6.07) is 5.63. The summed E-state index contributed by atoms with van der Waals surface area (Å²) in [6.45, 7) is 9.04. The lowest BCUT2D eigenvalue weighted by Crippen LogP contribution is -2.44. The van der Waals surface area contributed by atoms with Gasteiger partial charge >= 0.3 is 6.09 Å². The average Bonchev–Trinajstić information content (AvgIpc) is 2.88. The zero-order valence-electron chi connectivity index (χ0n) is 14.6. The predicted octanol–water partition coefficient (Wildman–Crippen LogP) is 3.89. The number of carbonyl (C=O) groups excluding carboxylic acids is 1. The average molecular weight is 320 g/mol. The van der Waals surface area contributed by atoms with E-state index in [1.54, 1.807) is 6.20 Å². The number of rotatable bonds is 5. The summed E-state index contributed by atoms with van der Waals surface area (Å²) in [7, 11) is 0. The van der Waals surface area contributed by atoms with Gasteiger partial charge in [-0.15, -0.1) is 0 Å². The highest BCUT2D eigenvalue weighted by atomic mass is 16.6. The first-order valence-corrected chi connectivity index (χ1v) is 8.44. The second-order valence-corrected chi connectivity index (χ2v) is 7.06. The van der Waals surface area contributed by atoms with Gasteiger partial charge < -0.3 is 14.4 Å². The third-order valence-electron chi connectivity index (χ3n) is 4.01. The summed E-state index contributed by atoms with van der Waals surface area (Å²) >= 11 is 0. The van der Waals surface area contributed by atoms with E-state index in [0.29, 0.717) is 18.4 Å². The van der Waals surface area contributed by atoms with Gasteiger partial charge in [-0.05, 0) is 45.6 Å². The molecule has 1 aliphatic rings. The topological polar surface area (TPSA) is 51.7 Å². The summed E-state index contributed by atoms with van der Waals surface area (Å²) in [5.41, 5.74) is -0.480. The van der Waals surface area contributed by atoms with E-state index in [2.05, 4.69) is 11.9 Å². The van der Waals surface area contributed by atoms with Crippen LogP contribution in [0.2, 0.25) is 0 Å². The highest BCUT2D eigenvalue weighted by Gasteiger charge is 2.39. The minimum Gasteiger partial charge on any atom is -0.475 e. The van der Waals surface area contributed by atoms with E-state index in [9.17, 15) is 4.79 Å². The number of carbonyl (C=O) groups is 1. The summed E-state index contributed by atoms with van der Waals surface area (Å²) in [5.74, 6) is 1.05. The molecule has 1 saturated heterocycles. The summed E-state index contributed by atoms with van der Waals surface area (Å²) < 4.78 is 11.4. The zero-order valence-corrected chi connectivity index (χ0v) is 14.6. The molecule has 2 atom stereocenters. The molecule has 0 bridgehead atoms. The van der Waals surface area contributed by atoms with Crippen molar-refractivity contribution in [1.29, 1.82) is 0 Å². The van der Waals surface area contributed by atoms with Gasteiger partial charge in [0.15, 0.2) is 0 Å². The molecule has 1 amide bonds. The monoisotopic (exact) mass is 320 g/mol. The Kier molecular flexibility index (Phi) is 5.85. The Morgan fingerprint density at radius 2 is 2.17 bits per heavy atom. The van der Waals surface area contributed by atoms with Crippen molar-refractivity contribution in [3.8, 4) is 5.88 Å². The van der Waals surface area contributed by atoms with Crippen LogP contribution >= 0.6 is 0 Å². The highest BCUT2D eigenvalue weighted by molar-refractivity contribution is 5.69. The van der Waals surface area contributed by atoms with Gasteiger partial charge in [0.05, 0.1) is 6.04 Å². The van der Waals surface area contributed by atoms with Gasteiger partial charge in [-0.1, -0.05) is 19.4 Å². The maximum absolute atomic E-state index is 12.5.